The molecule has 0 saturated carbocycles. The van der Waals surface area contributed by atoms with Crippen molar-refractivity contribution in [2.45, 2.75) is 31.3 Å². The van der Waals surface area contributed by atoms with Crippen molar-refractivity contribution >= 4 is 50.7 Å². The number of nitrogens with one attached hydrogen (secondary N) is 1. The highest BCUT2D eigenvalue weighted by Crippen LogP contribution is 2.29. The molecule has 3 rings (SSSR count). The minimum Gasteiger partial charge on any atom is -0.494 e. The Hall–Kier alpha value is -3.34. The van der Waals surface area contributed by atoms with E-state index in [1.165, 1.54) is 31.0 Å². The zero-order valence-electron chi connectivity index (χ0n) is 21.5. The fourth-order valence-electron chi connectivity index (χ4n) is 3.78. The molecule has 3 aromatic carbocycles. The third kappa shape index (κ3) is 7.20. The van der Waals surface area contributed by atoms with Crippen molar-refractivity contribution in [1.82, 2.24) is 10.2 Å². The molecule has 1 unspecified atom stereocenters. The lowest BCUT2D eigenvalue weighted by molar-refractivity contribution is -0.139. The molecule has 0 aliphatic carbocycles. The number of nitrogens with zero attached hydrogens (tertiary/aromatic N) is 2. The number of hydrogen-bond acceptors (Lipinski definition) is 5. The molecule has 1 atom stereocenters. The summed E-state index contributed by atoms with van der Waals surface area (Å²) in [5, 5.41) is 3.07. The Morgan fingerprint density at radius 2 is 1.59 bits per heavy atom. The smallest absolute Gasteiger partial charge is 0.264 e. The number of hydrogen-bond donors (Lipinski definition) is 1. The minimum absolute atomic E-state index is 0.153. The zero-order chi connectivity index (χ0) is 28.7. The van der Waals surface area contributed by atoms with Crippen LogP contribution >= 0.6 is 23.2 Å². The first kappa shape index (κ1) is 30.2. The second-order valence-corrected chi connectivity index (χ2v) is 11.1. The highest BCUT2D eigenvalue weighted by Gasteiger charge is 2.33. The van der Waals surface area contributed by atoms with Crippen molar-refractivity contribution in [3.63, 3.8) is 0 Å². The van der Waals surface area contributed by atoms with Crippen LogP contribution in [0.15, 0.2) is 71.6 Å². The largest absolute Gasteiger partial charge is 0.494 e. The number of benzene rings is 3. The molecule has 0 aromatic heterocycles. The van der Waals surface area contributed by atoms with Crippen LogP contribution in [0.25, 0.3) is 0 Å². The van der Waals surface area contributed by atoms with Crippen LogP contribution in [0.2, 0.25) is 10.0 Å². The van der Waals surface area contributed by atoms with Gasteiger partial charge in [-0.25, -0.2) is 12.8 Å². The third-order valence-electron chi connectivity index (χ3n) is 5.92. The highest BCUT2D eigenvalue weighted by molar-refractivity contribution is 7.92. The normalized spacial score (nSPS) is 11.9. The molecule has 0 aliphatic heterocycles. The summed E-state index contributed by atoms with van der Waals surface area (Å²) >= 11 is 12.7. The van der Waals surface area contributed by atoms with Gasteiger partial charge in [-0.1, -0.05) is 29.3 Å². The van der Waals surface area contributed by atoms with Crippen molar-refractivity contribution in [3.05, 3.63) is 88.2 Å². The number of ether oxygens (including phenoxy) is 1. The average molecular weight is 597 g/mol. The summed E-state index contributed by atoms with van der Waals surface area (Å²) in [5.74, 6) is -1.27. The van der Waals surface area contributed by atoms with Gasteiger partial charge in [0.15, 0.2) is 0 Å². The lowest BCUT2D eigenvalue weighted by Gasteiger charge is -2.32. The predicted octanol–water partition coefficient (Wildman–Crippen LogP) is 4.89. The topological polar surface area (TPSA) is 96.0 Å². The summed E-state index contributed by atoms with van der Waals surface area (Å²) in [6.07, 6.45) is 0. The van der Waals surface area contributed by atoms with Gasteiger partial charge in [0.05, 0.1) is 17.2 Å². The van der Waals surface area contributed by atoms with Gasteiger partial charge in [-0.15, -0.1) is 0 Å². The zero-order valence-corrected chi connectivity index (χ0v) is 23.9. The Balaban J connectivity index is 2.06. The van der Waals surface area contributed by atoms with Gasteiger partial charge in [0.1, 0.15) is 24.2 Å². The number of likely N-dealkylation sites (N-methyl/N-ethyl adjacent to an activating group) is 1. The maximum absolute atomic E-state index is 13.8. The molecule has 39 heavy (non-hydrogen) atoms. The molecule has 12 heteroatoms. The maximum Gasteiger partial charge on any atom is 0.264 e. The highest BCUT2D eigenvalue weighted by atomic mass is 35.5. The summed E-state index contributed by atoms with van der Waals surface area (Å²) in [6, 6.07) is 14.3. The number of halogens is 3. The monoisotopic (exact) mass is 595 g/mol. The molecule has 2 amide bonds. The van der Waals surface area contributed by atoms with Crippen LogP contribution < -0.4 is 14.4 Å². The number of anilines is 1. The van der Waals surface area contributed by atoms with Crippen molar-refractivity contribution in [3.8, 4) is 5.75 Å². The van der Waals surface area contributed by atoms with Crippen LogP contribution in [0.1, 0.15) is 19.4 Å². The van der Waals surface area contributed by atoms with Crippen molar-refractivity contribution in [1.29, 1.82) is 0 Å². The van der Waals surface area contributed by atoms with Crippen molar-refractivity contribution in [2.24, 2.45) is 0 Å². The van der Waals surface area contributed by atoms with Gasteiger partial charge >= 0.3 is 0 Å². The summed E-state index contributed by atoms with van der Waals surface area (Å²) in [7, 11) is -2.91. The number of carbonyl (C=O) groups is 2. The van der Waals surface area contributed by atoms with Crippen LogP contribution in [-0.2, 0) is 26.2 Å². The van der Waals surface area contributed by atoms with E-state index >= 15 is 0 Å². The third-order valence-corrected chi connectivity index (χ3v) is 8.42. The van der Waals surface area contributed by atoms with E-state index in [9.17, 15) is 22.4 Å². The van der Waals surface area contributed by atoms with E-state index in [0.29, 0.717) is 17.9 Å². The molecule has 3 aromatic rings. The first-order valence-corrected chi connectivity index (χ1v) is 14.1. The molecule has 208 valence electrons. The number of rotatable bonds is 11. The van der Waals surface area contributed by atoms with Gasteiger partial charge in [0.25, 0.3) is 10.0 Å². The molecule has 8 nitrogen and oxygen atoms in total. The molecule has 0 bridgehead atoms. The summed E-state index contributed by atoms with van der Waals surface area (Å²) in [4.78, 5) is 27.3. The molecule has 0 radical (unpaired) electrons. The predicted molar refractivity (Wildman–Crippen MR) is 149 cm³/mol. The standard InChI is InChI=1S/C27H28Cl2FN3O5S/c1-4-38-21-12-10-20(11-13-21)33(39(36,37)22-14-8-19(30)9-15-22)17-26(34)32(18(2)27(35)31-3)16-23-24(28)6-5-7-25(23)29/h5-15,18H,4,16-17H2,1-3H3,(H,31,35). The molecule has 1 N–H and O–H groups in total. The first-order chi connectivity index (χ1) is 18.5. The van der Waals surface area contributed by atoms with E-state index in [2.05, 4.69) is 5.32 Å². The lowest BCUT2D eigenvalue weighted by atomic mass is 10.1. The fourth-order valence-corrected chi connectivity index (χ4v) is 5.71. The van der Waals surface area contributed by atoms with Gasteiger partial charge < -0.3 is 15.0 Å². The molecule has 0 aliphatic rings. The average Bonchev–Trinajstić information content (AvgIpc) is 2.91. The Bertz CT molecular complexity index is 1400. The van der Waals surface area contributed by atoms with Crippen molar-refractivity contribution < 1.29 is 27.1 Å². The Kier molecular flexibility index (Phi) is 10.2. The molecular weight excluding hydrogens is 568 g/mol. The summed E-state index contributed by atoms with van der Waals surface area (Å²) in [6.45, 7) is 2.91. The Labute approximate surface area is 237 Å². The van der Waals surface area contributed by atoms with E-state index in [1.54, 1.807) is 30.3 Å². The first-order valence-electron chi connectivity index (χ1n) is 11.9. The van der Waals surface area contributed by atoms with Gasteiger partial charge in [-0.3, -0.25) is 13.9 Å². The van der Waals surface area contributed by atoms with Gasteiger partial charge in [-0.05, 0) is 74.5 Å². The number of amides is 2. The quantitative estimate of drug-likeness (QED) is 0.340. The molecule has 0 fully saturated rings. The van der Waals surface area contributed by atoms with Crippen LogP contribution in [0, 0.1) is 5.82 Å². The van der Waals surface area contributed by atoms with Gasteiger partial charge in [0.2, 0.25) is 11.8 Å². The van der Waals surface area contributed by atoms with Gasteiger partial charge in [-0.2, -0.15) is 0 Å². The van der Waals surface area contributed by atoms with Crippen LogP contribution in [0.4, 0.5) is 10.1 Å². The molecule has 0 saturated heterocycles. The number of sulfonamides is 1. The van der Waals surface area contributed by atoms with E-state index in [1.807, 2.05) is 6.92 Å². The Morgan fingerprint density at radius 1 is 1.00 bits per heavy atom. The number of carbonyl (C=O) groups excluding carboxylic acids is 2. The second-order valence-electron chi connectivity index (χ2n) is 8.40. The van der Waals surface area contributed by atoms with Gasteiger partial charge in [0, 0.05) is 29.2 Å². The Morgan fingerprint density at radius 3 is 2.13 bits per heavy atom. The SMILES string of the molecule is CCOc1ccc(N(CC(=O)N(Cc2c(Cl)cccc2Cl)C(C)C(=O)NC)S(=O)(=O)c2ccc(F)cc2)cc1. The maximum atomic E-state index is 13.8. The minimum atomic E-state index is -4.34. The van der Waals surface area contributed by atoms with E-state index in [4.69, 9.17) is 27.9 Å². The summed E-state index contributed by atoms with van der Waals surface area (Å²) in [5.41, 5.74) is 0.568. The van der Waals surface area contributed by atoms with Crippen molar-refractivity contribution in [2.75, 3.05) is 24.5 Å². The second kappa shape index (κ2) is 13.1. The molecule has 0 heterocycles. The van der Waals surface area contributed by atoms with Crippen LogP contribution in [-0.4, -0.2) is 51.4 Å². The summed E-state index contributed by atoms with van der Waals surface area (Å²) < 4.78 is 47.3. The van der Waals surface area contributed by atoms with Crippen LogP contribution in [0.5, 0.6) is 5.75 Å². The molecule has 0 spiro atoms. The van der Waals surface area contributed by atoms with E-state index in [-0.39, 0.29) is 27.2 Å². The van der Waals surface area contributed by atoms with E-state index < -0.39 is 40.2 Å². The fraction of sp³-hybridized carbons (Fsp3) is 0.259. The van der Waals surface area contributed by atoms with E-state index in [0.717, 1.165) is 28.6 Å². The van der Waals surface area contributed by atoms with Crippen LogP contribution in [0.3, 0.4) is 0 Å². The lowest BCUT2D eigenvalue weighted by Crippen LogP contribution is -2.50. The molecular formula is C27H28Cl2FN3O5S.